The normalized spacial score (nSPS) is 18.3. The van der Waals surface area contributed by atoms with E-state index >= 15 is 0 Å². The summed E-state index contributed by atoms with van der Waals surface area (Å²) < 4.78 is 29.6. The first-order valence-corrected chi connectivity index (χ1v) is 13.1. The molecule has 0 spiro atoms. The van der Waals surface area contributed by atoms with Gasteiger partial charge in [0.2, 0.25) is 0 Å². The van der Waals surface area contributed by atoms with Gasteiger partial charge in [-0.05, 0) is 57.2 Å². The number of carbonyl (C=O) groups is 2. The van der Waals surface area contributed by atoms with Gasteiger partial charge in [-0.2, -0.15) is 5.10 Å². The van der Waals surface area contributed by atoms with E-state index in [0.29, 0.717) is 11.3 Å². The van der Waals surface area contributed by atoms with Gasteiger partial charge < -0.3 is 10.0 Å². The second-order valence-electron chi connectivity index (χ2n) is 9.70. The third-order valence-corrected chi connectivity index (χ3v) is 7.69. The van der Waals surface area contributed by atoms with E-state index < -0.39 is 23.6 Å². The summed E-state index contributed by atoms with van der Waals surface area (Å²) in [4.78, 5) is 30.7. The molecular weight excluding hydrogens is 537 g/mol. The predicted octanol–water partition coefficient (Wildman–Crippen LogP) is 5.87. The molecule has 1 fully saturated rings. The number of ketones is 1. The fourth-order valence-electron chi connectivity index (χ4n) is 5.08. The largest absolute Gasteiger partial charge is 0.386 e. The second-order valence-corrected chi connectivity index (χ2v) is 10.5. The van der Waals surface area contributed by atoms with E-state index in [9.17, 15) is 23.5 Å². The Kier molecular flexibility index (Phi) is 8.80. The fraction of sp³-hybridized carbons (Fsp3) is 0.407. The van der Waals surface area contributed by atoms with E-state index in [1.54, 1.807) is 18.5 Å². The van der Waals surface area contributed by atoms with Crippen LogP contribution < -0.4 is 0 Å². The first-order valence-electron chi connectivity index (χ1n) is 12.3. The van der Waals surface area contributed by atoms with Crippen molar-refractivity contribution in [2.45, 2.75) is 58.2 Å². The molecule has 1 aromatic carbocycles. The molecule has 7 nitrogen and oxygen atoms in total. The Labute approximate surface area is 229 Å². The number of hydrogen-bond donors (Lipinski definition) is 1. The minimum Gasteiger partial charge on any atom is -0.386 e. The lowest BCUT2D eigenvalue weighted by molar-refractivity contribution is -0.121. The van der Waals surface area contributed by atoms with Crippen LogP contribution >= 0.6 is 23.2 Å². The monoisotopic (exact) mass is 564 g/mol. The van der Waals surface area contributed by atoms with Gasteiger partial charge in [0.05, 0.1) is 40.5 Å². The number of aliphatic hydroxyl groups is 1. The summed E-state index contributed by atoms with van der Waals surface area (Å²) in [6.07, 6.45) is 5.89. The number of carbonyl (C=O) groups excluding carboxylic acids is 2. The molecule has 1 atom stereocenters. The Morgan fingerprint density at radius 2 is 1.68 bits per heavy atom. The summed E-state index contributed by atoms with van der Waals surface area (Å²) in [5, 5.41) is 15.7. The van der Waals surface area contributed by atoms with Crippen LogP contribution in [0.2, 0.25) is 10.0 Å². The maximum atomic E-state index is 13.9. The predicted molar refractivity (Wildman–Crippen MR) is 139 cm³/mol. The quantitative estimate of drug-likeness (QED) is 0.369. The number of hydrogen-bond acceptors (Lipinski definition) is 5. The molecule has 1 saturated carbocycles. The van der Waals surface area contributed by atoms with Crippen molar-refractivity contribution in [2.24, 2.45) is 5.92 Å². The molecule has 4 rings (SSSR count). The van der Waals surface area contributed by atoms with Gasteiger partial charge in [-0.15, -0.1) is 0 Å². The third kappa shape index (κ3) is 6.22. The summed E-state index contributed by atoms with van der Waals surface area (Å²) in [7, 11) is 0. The lowest BCUT2D eigenvalue weighted by atomic mass is 9.84. The van der Waals surface area contributed by atoms with E-state index in [1.165, 1.54) is 23.5 Å². The van der Waals surface area contributed by atoms with Gasteiger partial charge in [0.1, 0.15) is 17.4 Å². The van der Waals surface area contributed by atoms with E-state index in [1.807, 2.05) is 0 Å². The van der Waals surface area contributed by atoms with E-state index in [0.717, 1.165) is 43.9 Å². The third-order valence-electron chi connectivity index (χ3n) is 7.09. The van der Waals surface area contributed by atoms with Crippen LogP contribution in [-0.4, -0.2) is 43.0 Å². The molecule has 1 unspecified atom stereocenters. The van der Waals surface area contributed by atoms with Crippen molar-refractivity contribution >= 4 is 34.9 Å². The maximum absolute atomic E-state index is 13.9. The smallest absolute Gasteiger partial charge is 0.257 e. The molecule has 2 aromatic heterocycles. The Hall–Kier alpha value is -2.88. The lowest BCUT2D eigenvalue weighted by Gasteiger charge is -2.28. The van der Waals surface area contributed by atoms with Crippen LogP contribution in [-0.2, 0) is 11.3 Å². The summed E-state index contributed by atoms with van der Waals surface area (Å²) in [5.41, 5.74) is 1.34. The first-order chi connectivity index (χ1) is 18.0. The Balaban J connectivity index is 1.62. The van der Waals surface area contributed by atoms with Crippen molar-refractivity contribution in [3.05, 3.63) is 80.9 Å². The molecular formula is C27H28Cl2F2N4O3. The van der Waals surface area contributed by atoms with Crippen LogP contribution in [0.3, 0.4) is 0 Å². The lowest BCUT2D eigenvalue weighted by Crippen LogP contribution is -2.35. The highest BCUT2D eigenvalue weighted by Crippen LogP contribution is 2.34. The average Bonchev–Trinajstić information content (AvgIpc) is 3.23. The van der Waals surface area contributed by atoms with Crippen molar-refractivity contribution in [2.75, 3.05) is 6.54 Å². The topological polar surface area (TPSA) is 88.3 Å². The summed E-state index contributed by atoms with van der Waals surface area (Å²) in [6, 6.07) is 3.06. The maximum Gasteiger partial charge on any atom is 0.257 e. The molecule has 2 heterocycles. The summed E-state index contributed by atoms with van der Waals surface area (Å²) in [6.45, 7) is 2.96. The van der Waals surface area contributed by atoms with Gasteiger partial charge >= 0.3 is 0 Å². The van der Waals surface area contributed by atoms with Crippen LogP contribution in [0.15, 0.2) is 36.8 Å². The molecule has 1 aliphatic rings. The van der Waals surface area contributed by atoms with E-state index in [2.05, 4.69) is 10.1 Å². The zero-order valence-corrected chi connectivity index (χ0v) is 22.5. The highest BCUT2D eigenvalue weighted by atomic mass is 35.5. The van der Waals surface area contributed by atoms with Gasteiger partial charge in [-0.25, -0.2) is 8.78 Å². The van der Waals surface area contributed by atoms with Crippen molar-refractivity contribution < 1.29 is 23.5 Å². The standard InChI is InChI=1S/C27H28Cl2F2N4O3/c1-15-22(10-33-35(15)21-5-3-18(4-6-21)16(2)36)27(38)34(13-17-7-19(30)9-20(31)8-17)14-25(37)26-23(28)11-32-12-24(26)29/h7-12,18,21,25,37H,3-6,13-14H2,1-2H3/t18-,21-,25?. The number of halogens is 4. The molecule has 202 valence electrons. The number of benzene rings is 1. The van der Waals surface area contributed by atoms with Crippen molar-refractivity contribution in [1.29, 1.82) is 0 Å². The van der Waals surface area contributed by atoms with Gasteiger partial charge in [-0.1, -0.05) is 23.2 Å². The van der Waals surface area contributed by atoms with E-state index in [4.69, 9.17) is 23.2 Å². The van der Waals surface area contributed by atoms with Gasteiger partial charge in [-0.3, -0.25) is 19.3 Å². The molecule has 38 heavy (non-hydrogen) atoms. The first kappa shape index (κ1) is 28.1. The van der Waals surface area contributed by atoms with Crippen molar-refractivity contribution in [1.82, 2.24) is 19.7 Å². The second kappa shape index (κ2) is 11.9. The number of amides is 1. The summed E-state index contributed by atoms with van der Waals surface area (Å²) >= 11 is 12.4. The molecule has 0 bridgehead atoms. The van der Waals surface area contributed by atoms with Crippen LogP contribution in [0.4, 0.5) is 8.78 Å². The van der Waals surface area contributed by atoms with Crippen LogP contribution in [0, 0.1) is 24.5 Å². The number of Topliss-reactive ketones (excluding diaryl/α,β-unsaturated/α-hetero) is 1. The number of rotatable bonds is 8. The molecule has 11 heteroatoms. The van der Waals surface area contributed by atoms with Gasteiger partial charge in [0, 0.05) is 42.2 Å². The van der Waals surface area contributed by atoms with Crippen molar-refractivity contribution in [3.63, 3.8) is 0 Å². The van der Waals surface area contributed by atoms with Crippen LogP contribution in [0.1, 0.15) is 71.9 Å². The van der Waals surface area contributed by atoms with Crippen LogP contribution in [0.25, 0.3) is 0 Å². The highest BCUT2D eigenvalue weighted by molar-refractivity contribution is 6.35. The molecule has 0 saturated heterocycles. The zero-order valence-electron chi connectivity index (χ0n) is 21.0. The fourth-order valence-corrected chi connectivity index (χ4v) is 5.70. The minimum atomic E-state index is -1.29. The Morgan fingerprint density at radius 1 is 1.08 bits per heavy atom. The number of pyridine rings is 1. The SMILES string of the molecule is Cc1c(C(=O)N(Cc2cc(F)cc(F)c2)CC(O)c2c(Cl)cncc2Cl)cnn1[C@H]1CC[C@H](C(C)=O)CC1. The molecule has 1 aliphatic carbocycles. The Bertz CT molecular complexity index is 1300. The number of aromatic nitrogens is 3. The molecule has 3 aromatic rings. The molecule has 1 N–H and O–H groups in total. The number of aliphatic hydroxyl groups excluding tert-OH is 1. The molecule has 0 radical (unpaired) electrons. The van der Waals surface area contributed by atoms with Crippen LogP contribution in [0.5, 0.6) is 0 Å². The van der Waals surface area contributed by atoms with Gasteiger partial charge in [0.15, 0.2) is 0 Å². The number of nitrogens with zero attached hydrogens (tertiary/aromatic N) is 4. The van der Waals surface area contributed by atoms with E-state index in [-0.39, 0.29) is 52.0 Å². The van der Waals surface area contributed by atoms with Crippen molar-refractivity contribution in [3.8, 4) is 0 Å². The highest BCUT2D eigenvalue weighted by Gasteiger charge is 2.30. The Morgan fingerprint density at radius 3 is 2.26 bits per heavy atom. The minimum absolute atomic E-state index is 0.0536. The average molecular weight is 565 g/mol. The zero-order chi connectivity index (χ0) is 27.6. The molecule has 1 amide bonds. The van der Waals surface area contributed by atoms with Gasteiger partial charge in [0.25, 0.3) is 5.91 Å². The summed E-state index contributed by atoms with van der Waals surface area (Å²) in [5.74, 6) is -1.79. The molecule has 0 aliphatic heterocycles.